The molecule has 0 aromatic heterocycles. The number of amides is 2. The van der Waals surface area contributed by atoms with E-state index < -0.39 is 28.4 Å². The van der Waals surface area contributed by atoms with Crippen molar-refractivity contribution >= 4 is 32.4 Å². The molecule has 1 aliphatic heterocycles. The van der Waals surface area contributed by atoms with Crippen LogP contribution in [-0.4, -0.2) is 38.2 Å². The largest absolute Gasteiger partial charge is 0.497 e. The first-order chi connectivity index (χ1) is 14.1. The summed E-state index contributed by atoms with van der Waals surface area (Å²) in [5.41, 5.74) is 2.10. The van der Waals surface area contributed by atoms with Gasteiger partial charge < -0.3 is 10.1 Å². The van der Waals surface area contributed by atoms with Crippen molar-refractivity contribution in [2.45, 2.75) is 26.7 Å². The number of hydrogen-bond donors (Lipinski definition) is 1. The van der Waals surface area contributed by atoms with Gasteiger partial charge in [0.2, 0.25) is 5.91 Å². The van der Waals surface area contributed by atoms with Crippen molar-refractivity contribution < 1.29 is 22.7 Å². The third-order valence-corrected chi connectivity index (χ3v) is 6.87. The number of hydrogen-bond acceptors (Lipinski definition) is 5. The maximum atomic E-state index is 13.0. The van der Waals surface area contributed by atoms with Gasteiger partial charge in [0, 0.05) is 11.3 Å². The molecule has 0 fully saturated rings. The monoisotopic (exact) mass is 428 g/mol. The van der Waals surface area contributed by atoms with Gasteiger partial charge in [0.15, 0.2) is 0 Å². The van der Waals surface area contributed by atoms with Gasteiger partial charge in [0.05, 0.1) is 7.11 Å². The summed E-state index contributed by atoms with van der Waals surface area (Å²) in [5.74, 6) is -0.370. The van der Waals surface area contributed by atoms with Crippen molar-refractivity contribution in [1.29, 1.82) is 0 Å². The van der Waals surface area contributed by atoms with Gasteiger partial charge in [-0.15, -0.1) is 0 Å². The van der Waals surface area contributed by atoms with E-state index in [1.165, 1.54) is 14.0 Å². The van der Waals surface area contributed by atoms with Crippen LogP contribution < -0.4 is 10.1 Å². The highest BCUT2D eigenvalue weighted by Crippen LogP contribution is 2.35. The normalized spacial score (nSPS) is 15.6. The Morgan fingerprint density at radius 3 is 2.20 bits per heavy atom. The predicted octanol–water partition coefficient (Wildman–Crippen LogP) is 3.36. The van der Waals surface area contributed by atoms with Gasteiger partial charge in [-0.05, 0) is 60.4 Å². The number of carbonyl (C=O) groups is 2. The molecule has 3 rings (SSSR count). The average Bonchev–Trinajstić information content (AvgIpc) is 2.87. The lowest BCUT2D eigenvalue weighted by atomic mass is 10.0. The first-order valence-electron chi connectivity index (χ1n) is 9.47. The Labute approximate surface area is 176 Å². The summed E-state index contributed by atoms with van der Waals surface area (Å²) in [5, 5.41) is 2.65. The van der Waals surface area contributed by atoms with E-state index in [1.807, 2.05) is 12.1 Å². The number of nitrogens with one attached hydrogen (secondary N) is 1. The fraction of sp³-hybridized carbons (Fsp3) is 0.273. The zero-order valence-corrected chi connectivity index (χ0v) is 18.1. The topological polar surface area (TPSA) is 92.8 Å². The lowest BCUT2D eigenvalue weighted by molar-refractivity contribution is -0.126. The van der Waals surface area contributed by atoms with Crippen LogP contribution in [0.5, 0.6) is 5.75 Å². The van der Waals surface area contributed by atoms with Crippen LogP contribution in [0.15, 0.2) is 54.1 Å². The van der Waals surface area contributed by atoms with E-state index in [4.69, 9.17) is 4.74 Å². The Balaban J connectivity index is 1.78. The molecule has 7 nitrogen and oxygen atoms in total. The van der Waals surface area contributed by atoms with Crippen LogP contribution in [0.3, 0.4) is 0 Å². The number of benzene rings is 2. The minimum atomic E-state index is -4.14. The van der Waals surface area contributed by atoms with Crippen LogP contribution in [0, 0.1) is 0 Å². The summed E-state index contributed by atoms with van der Waals surface area (Å²) in [6, 6.07) is 13.7. The zero-order chi connectivity index (χ0) is 22.1. The van der Waals surface area contributed by atoms with Crippen LogP contribution in [-0.2, 0) is 19.6 Å². The Hall–Kier alpha value is -3.13. The number of ether oxygens (including phenoxy) is 1. The van der Waals surface area contributed by atoms with Gasteiger partial charge in [-0.3, -0.25) is 9.59 Å². The number of nitrogens with zero attached hydrogens (tertiary/aromatic N) is 1. The molecule has 2 aromatic carbocycles. The van der Waals surface area contributed by atoms with E-state index in [1.54, 1.807) is 36.4 Å². The molecule has 30 heavy (non-hydrogen) atoms. The van der Waals surface area contributed by atoms with Crippen molar-refractivity contribution in [2.24, 2.45) is 0 Å². The molecule has 0 atom stereocenters. The van der Waals surface area contributed by atoms with Crippen LogP contribution in [0.1, 0.15) is 37.8 Å². The van der Waals surface area contributed by atoms with E-state index in [0.29, 0.717) is 27.2 Å². The molecule has 1 aliphatic rings. The molecule has 0 radical (unpaired) electrons. The lowest BCUT2D eigenvalue weighted by Gasteiger charge is -2.17. The van der Waals surface area contributed by atoms with E-state index >= 15 is 0 Å². The summed E-state index contributed by atoms with van der Waals surface area (Å²) in [7, 11) is -2.64. The standard InChI is InChI=1S/C22H24N2O5S/c1-14(2)16-5-9-18(10-6-16)23-20(25)13-24-22(26)15(3)21(30(24,27)28)17-7-11-19(29-4)12-8-17/h5-12,14H,13H2,1-4H3,(H,23,25). The highest BCUT2D eigenvalue weighted by atomic mass is 32.2. The van der Waals surface area contributed by atoms with E-state index in [9.17, 15) is 18.0 Å². The van der Waals surface area contributed by atoms with Crippen molar-refractivity contribution in [3.63, 3.8) is 0 Å². The van der Waals surface area contributed by atoms with Gasteiger partial charge >= 0.3 is 0 Å². The number of carbonyl (C=O) groups excluding carboxylic acids is 2. The van der Waals surface area contributed by atoms with Crippen LogP contribution in [0.4, 0.5) is 5.69 Å². The quantitative estimate of drug-likeness (QED) is 0.762. The Kier molecular flexibility index (Phi) is 5.98. The summed E-state index contributed by atoms with van der Waals surface area (Å²) < 4.78 is 31.7. The Bertz CT molecular complexity index is 1100. The molecule has 8 heteroatoms. The molecule has 0 aliphatic carbocycles. The van der Waals surface area contributed by atoms with Gasteiger partial charge in [-0.1, -0.05) is 26.0 Å². The molecule has 2 amide bonds. The second kappa shape index (κ2) is 8.31. The highest BCUT2D eigenvalue weighted by Gasteiger charge is 2.43. The average molecular weight is 429 g/mol. The Morgan fingerprint density at radius 1 is 1.07 bits per heavy atom. The van der Waals surface area contributed by atoms with E-state index in [-0.39, 0.29) is 10.5 Å². The molecule has 1 N–H and O–H groups in total. The van der Waals surface area contributed by atoms with Crippen LogP contribution in [0.25, 0.3) is 4.91 Å². The minimum Gasteiger partial charge on any atom is -0.497 e. The van der Waals surface area contributed by atoms with Crippen molar-refractivity contribution in [3.05, 3.63) is 65.2 Å². The van der Waals surface area contributed by atoms with Crippen molar-refractivity contribution in [3.8, 4) is 5.75 Å². The summed E-state index contributed by atoms with van der Waals surface area (Å²) in [4.78, 5) is 25.0. The molecular formula is C22H24N2O5S. The third-order valence-electron chi connectivity index (χ3n) is 4.94. The van der Waals surface area contributed by atoms with Gasteiger partial charge in [0.1, 0.15) is 17.2 Å². The Morgan fingerprint density at radius 2 is 1.67 bits per heavy atom. The van der Waals surface area contributed by atoms with E-state index in [2.05, 4.69) is 19.2 Å². The van der Waals surface area contributed by atoms with E-state index in [0.717, 1.165) is 5.56 Å². The first-order valence-corrected chi connectivity index (χ1v) is 10.9. The molecule has 158 valence electrons. The van der Waals surface area contributed by atoms with Gasteiger partial charge in [-0.25, -0.2) is 12.7 Å². The molecule has 0 saturated carbocycles. The number of anilines is 1. The van der Waals surface area contributed by atoms with Gasteiger partial charge in [0.25, 0.3) is 15.9 Å². The highest BCUT2D eigenvalue weighted by molar-refractivity contribution is 7.99. The molecule has 0 saturated heterocycles. The smallest absolute Gasteiger partial charge is 0.268 e. The van der Waals surface area contributed by atoms with Crippen LogP contribution in [0.2, 0.25) is 0 Å². The third kappa shape index (κ3) is 4.09. The number of rotatable bonds is 6. The summed E-state index contributed by atoms with van der Waals surface area (Å²) in [6.07, 6.45) is 0. The number of methoxy groups -OCH3 is 1. The fourth-order valence-electron chi connectivity index (χ4n) is 3.24. The maximum Gasteiger partial charge on any atom is 0.268 e. The predicted molar refractivity (Wildman–Crippen MR) is 115 cm³/mol. The van der Waals surface area contributed by atoms with Crippen molar-refractivity contribution in [1.82, 2.24) is 4.31 Å². The fourth-order valence-corrected chi connectivity index (χ4v) is 5.01. The molecule has 0 unspecified atom stereocenters. The van der Waals surface area contributed by atoms with Gasteiger partial charge in [-0.2, -0.15) is 0 Å². The molecule has 2 aromatic rings. The summed E-state index contributed by atoms with van der Waals surface area (Å²) >= 11 is 0. The first kappa shape index (κ1) is 21.6. The minimum absolute atomic E-state index is 0.0780. The molecule has 1 heterocycles. The molecule has 0 bridgehead atoms. The second-order valence-electron chi connectivity index (χ2n) is 7.32. The second-order valence-corrected chi connectivity index (χ2v) is 9.12. The SMILES string of the molecule is COc1ccc(C2=C(C)C(=O)N(CC(=O)Nc3ccc(C(C)C)cc3)S2(=O)=O)cc1. The summed E-state index contributed by atoms with van der Waals surface area (Å²) in [6.45, 7) is 4.98. The number of sulfonamides is 1. The molecular weight excluding hydrogens is 404 g/mol. The molecule has 0 spiro atoms. The lowest BCUT2D eigenvalue weighted by Crippen LogP contribution is -2.38. The van der Waals surface area contributed by atoms with Crippen LogP contribution >= 0.6 is 0 Å². The zero-order valence-electron chi connectivity index (χ0n) is 17.3. The maximum absolute atomic E-state index is 13.0. The van der Waals surface area contributed by atoms with Crippen molar-refractivity contribution in [2.75, 3.05) is 19.0 Å².